The van der Waals surface area contributed by atoms with E-state index >= 15 is 0 Å². The molecule has 3 aromatic rings. The van der Waals surface area contributed by atoms with Gasteiger partial charge in [-0.15, -0.1) is 0 Å². The normalized spacial score (nSPS) is 18.2. The van der Waals surface area contributed by atoms with Gasteiger partial charge < -0.3 is 15.1 Å². The highest BCUT2D eigenvalue weighted by Crippen LogP contribution is 2.25. The number of nitrogens with zero attached hydrogens (tertiary/aromatic N) is 3. The first-order chi connectivity index (χ1) is 13.8. The van der Waals surface area contributed by atoms with Crippen LogP contribution in [0.15, 0.2) is 82.7 Å². The Labute approximate surface area is 162 Å². The van der Waals surface area contributed by atoms with E-state index in [-0.39, 0.29) is 6.03 Å². The van der Waals surface area contributed by atoms with Gasteiger partial charge in [0.15, 0.2) is 5.76 Å². The first-order valence-electron chi connectivity index (χ1n) is 8.93. The molecule has 0 spiro atoms. The Bertz CT molecular complexity index is 964. The van der Waals surface area contributed by atoms with E-state index in [9.17, 15) is 4.79 Å². The lowest BCUT2D eigenvalue weighted by Gasteiger charge is -2.33. The minimum absolute atomic E-state index is 0.362. The van der Waals surface area contributed by atoms with E-state index in [0.717, 1.165) is 12.0 Å². The number of furan rings is 1. The van der Waals surface area contributed by atoms with Crippen molar-refractivity contribution in [2.24, 2.45) is 4.99 Å². The lowest BCUT2D eigenvalue weighted by Crippen LogP contribution is -2.58. The second-order valence-corrected chi connectivity index (χ2v) is 6.21. The Hall–Kier alpha value is -3.81. The van der Waals surface area contributed by atoms with Crippen LogP contribution in [0.25, 0.3) is 5.82 Å². The molecule has 8 nitrogen and oxygen atoms in total. The average Bonchev–Trinajstić information content (AvgIpc) is 3.43. The lowest BCUT2D eigenvalue weighted by atomic mass is 10.1. The molecule has 3 heterocycles. The van der Waals surface area contributed by atoms with Gasteiger partial charge in [0.2, 0.25) is 0 Å². The van der Waals surface area contributed by atoms with Gasteiger partial charge in [0.1, 0.15) is 5.82 Å². The van der Waals surface area contributed by atoms with Crippen molar-refractivity contribution in [1.82, 2.24) is 25.7 Å². The maximum absolute atomic E-state index is 12.6. The topological polar surface area (TPSA) is 96.5 Å². The van der Waals surface area contributed by atoms with Crippen LogP contribution >= 0.6 is 0 Å². The number of aromatic nitrogens is 2. The Balaban J connectivity index is 1.46. The maximum Gasteiger partial charge on any atom is 0.318 e. The van der Waals surface area contributed by atoms with Crippen LogP contribution in [-0.2, 0) is 12.2 Å². The summed E-state index contributed by atoms with van der Waals surface area (Å²) in [6, 6.07) is 14.9. The fourth-order valence-electron chi connectivity index (χ4n) is 2.93. The molecular weight excluding hydrogens is 356 g/mol. The second kappa shape index (κ2) is 7.83. The number of benzene rings is 1. The molecule has 0 bridgehead atoms. The van der Waals surface area contributed by atoms with Crippen LogP contribution < -0.4 is 16.0 Å². The highest BCUT2D eigenvalue weighted by molar-refractivity contribution is 5.82. The van der Waals surface area contributed by atoms with Gasteiger partial charge in [0.05, 0.1) is 6.26 Å². The molecule has 8 heteroatoms. The number of nitrogens with one attached hydrogen (secondary N) is 3. The van der Waals surface area contributed by atoms with E-state index in [1.165, 1.54) is 6.26 Å². The summed E-state index contributed by atoms with van der Waals surface area (Å²) in [5.41, 5.74) is 1.15. The van der Waals surface area contributed by atoms with Crippen LogP contribution in [0.4, 0.5) is 4.79 Å². The third-order valence-corrected chi connectivity index (χ3v) is 4.28. The molecule has 0 saturated carbocycles. The summed E-state index contributed by atoms with van der Waals surface area (Å²) in [7, 11) is 0. The highest BCUT2D eigenvalue weighted by Gasteiger charge is 2.38. The first-order valence-corrected chi connectivity index (χ1v) is 8.93. The molecule has 0 radical (unpaired) electrons. The van der Waals surface area contributed by atoms with Crippen molar-refractivity contribution < 1.29 is 9.21 Å². The summed E-state index contributed by atoms with van der Waals surface area (Å²) in [6.07, 6.45) is 9.12. The SMILES string of the molecule is O=C(NCCc1ccccc1)NC1(c2ccco2)N=CC=C(n2cccn2)N1. The minimum atomic E-state index is -1.27. The zero-order valence-electron chi connectivity index (χ0n) is 15.1. The molecule has 2 aromatic heterocycles. The number of carbonyl (C=O) groups is 1. The molecule has 0 fully saturated rings. The van der Waals surface area contributed by atoms with Gasteiger partial charge in [0.25, 0.3) is 5.79 Å². The molecule has 0 aliphatic carbocycles. The molecule has 1 atom stereocenters. The van der Waals surface area contributed by atoms with Crippen molar-refractivity contribution in [3.8, 4) is 0 Å². The first kappa shape index (κ1) is 17.6. The largest absolute Gasteiger partial charge is 0.463 e. The van der Waals surface area contributed by atoms with E-state index in [1.807, 2.05) is 36.4 Å². The van der Waals surface area contributed by atoms with Crippen molar-refractivity contribution in [3.63, 3.8) is 0 Å². The number of urea groups is 1. The standard InChI is InChI=1S/C20H20N6O2/c27-19(21-12-9-16-6-2-1-3-7-16)25-20(17-8-4-15-28-17)22-13-10-18(24-20)26-14-5-11-23-26/h1-8,10-11,13-15,24H,9,12H2,(H2,21,25,27). The Morgan fingerprint density at radius 1 is 1.18 bits per heavy atom. The molecule has 1 aliphatic heterocycles. The van der Waals surface area contributed by atoms with Gasteiger partial charge in [-0.2, -0.15) is 5.10 Å². The summed E-state index contributed by atoms with van der Waals surface area (Å²) in [5.74, 6) is -0.156. The van der Waals surface area contributed by atoms with Crippen LogP contribution in [0.3, 0.4) is 0 Å². The Morgan fingerprint density at radius 3 is 2.82 bits per heavy atom. The van der Waals surface area contributed by atoms with Crippen molar-refractivity contribution in [2.75, 3.05) is 6.54 Å². The number of carbonyl (C=O) groups excluding carboxylic acids is 1. The quantitative estimate of drug-likeness (QED) is 0.615. The maximum atomic E-state index is 12.6. The molecule has 2 amide bonds. The predicted octanol–water partition coefficient (Wildman–Crippen LogP) is 2.30. The third kappa shape index (κ3) is 3.80. The van der Waals surface area contributed by atoms with Gasteiger partial charge >= 0.3 is 6.03 Å². The number of rotatable bonds is 6. The van der Waals surface area contributed by atoms with E-state index in [4.69, 9.17) is 4.42 Å². The van der Waals surface area contributed by atoms with E-state index in [1.54, 1.807) is 41.5 Å². The fraction of sp³-hybridized carbons (Fsp3) is 0.150. The fourth-order valence-corrected chi connectivity index (χ4v) is 2.93. The lowest BCUT2D eigenvalue weighted by molar-refractivity contribution is 0.208. The summed E-state index contributed by atoms with van der Waals surface area (Å²) >= 11 is 0. The van der Waals surface area contributed by atoms with Crippen molar-refractivity contribution in [2.45, 2.75) is 12.2 Å². The van der Waals surface area contributed by atoms with E-state index in [2.05, 4.69) is 26.0 Å². The van der Waals surface area contributed by atoms with Gasteiger partial charge in [-0.05, 0) is 36.3 Å². The number of hydrogen-bond acceptors (Lipinski definition) is 5. The summed E-state index contributed by atoms with van der Waals surface area (Å²) in [4.78, 5) is 17.0. The molecule has 1 aliphatic rings. The van der Waals surface area contributed by atoms with Crippen LogP contribution in [0.1, 0.15) is 11.3 Å². The van der Waals surface area contributed by atoms with Crippen molar-refractivity contribution in [3.05, 3.63) is 84.6 Å². The molecule has 1 aromatic carbocycles. The molecule has 3 N–H and O–H groups in total. The highest BCUT2D eigenvalue weighted by atomic mass is 16.3. The van der Waals surface area contributed by atoms with Crippen LogP contribution in [0.5, 0.6) is 0 Å². The average molecular weight is 376 g/mol. The number of allylic oxidation sites excluding steroid dienone is 1. The predicted molar refractivity (Wildman–Crippen MR) is 105 cm³/mol. The van der Waals surface area contributed by atoms with Crippen molar-refractivity contribution in [1.29, 1.82) is 0 Å². The third-order valence-electron chi connectivity index (χ3n) is 4.28. The monoisotopic (exact) mass is 376 g/mol. The molecule has 4 rings (SSSR count). The van der Waals surface area contributed by atoms with Gasteiger partial charge in [-0.25, -0.2) is 14.5 Å². The molecule has 142 valence electrons. The second-order valence-electron chi connectivity index (χ2n) is 6.21. The zero-order valence-corrected chi connectivity index (χ0v) is 15.1. The van der Waals surface area contributed by atoms with Gasteiger partial charge in [-0.1, -0.05) is 30.3 Å². The summed E-state index contributed by atoms with van der Waals surface area (Å²) in [6.45, 7) is 0.496. The van der Waals surface area contributed by atoms with E-state index in [0.29, 0.717) is 18.1 Å². The number of aliphatic imine (C=N–C) groups is 1. The number of hydrogen-bond donors (Lipinski definition) is 3. The smallest absolute Gasteiger partial charge is 0.318 e. The van der Waals surface area contributed by atoms with E-state index < -0.39 is 5.79 Å². The van der Waals surface area contributed by atoms with Crippen LogP contribution in [-0.4, -0.2) is 28.6 Å². The molecular formula is C20H20N6O2. The summed E-state index contributed by atoms with van der Waals surface area (Å²) < 4.78 is 7.19. The molecule has 28 heavy (non-hydrogen) atoms. The van der Waals surface area contributed by atoms with Crippen LogP contribution in [0.2, 0.25) is 0 Å². The van der Waals surface area contributed by atoms with Gasteiger partial charge in [-0.3, -0.25) is 5.32 Å². The minimum Gasteiger partial charge on any atom is -0.463 e. The number of amides is 2. The Morgan fingerprint density at radius 2 is 2.07 bits per heavy atom. The molecule has 1 unspecified atom stereocenters. The van der Waals surface area contributed by atoms with Crippen molar-refractivity contribution >= 4 is 18.1 Å². The Kier molecular flexibility index (Phi) is 4.92. The zero-order chi connectivity index (χ0) is 19.2. The summed E-state index contributed by atoms with van der Waals surface area (Å²) in [5, 5.41) is 13.2. The molecule has 0 saturated heterocycles. The van der Waals surface area contributed by atoms with Gasteiger partial charge in [0, 0.05) is 25.2 Å². The van der Waals surface area contributed by atoms with Crippen LogP contribution in [0, 0.1) is 0 Å².